The number of carbonyl (C=O) groups excluding carboxylic acids is 2. The number of nitrogens with zero attached hydrogens (tertiary/aromatic N) is 2. The minimum Gasteiger partial charge on any atom is -0.497 e. The molecule has 3 aromatic carbocycles. The number of hydrogen-bond donors (Lipinski definition) is 1. The van der Waals surface area contributed by atoms with Crippen LogP contribution in [0.25, 0.3) is 5.57 Å². The Bertz CT molecular complexity index is 1170. The number of imide groups is 1. The van der Waals surface area contributed by atoms with E-state index < -0.39 is 5.91 Å². The monoisotopic (exact) mass is 413 g/mol. The Balaban J connectivity index is 1.80. The second-order valence-electron chi connectivity index (χ2n) is 7.33. The van der Waals surface area contributed by atoms with Gasteiger partial charge in [-0.15, -0.1) is 0 Å². The summed E-state index contributed by atoms with van der Waals surface area (Å²) in [5.41, 5.74) is 3.33. The Morgan fingerprint density at radius 3 is 2.29 bits per heavy atom. The Labute approximate surface area is 181 Å². The van der Waals surface area contributed by atoms with E-state index in [0.29, 0.717) is 28.3 Å². The molecule has 0 radical (unpaired) electrons. The van der Waals surface area contributed by atoms with E-state index in [1.165, 1.54) is 4.90 Å². The van der Waals surface area contributed by atoms with E-state index in [-0.39, 0.29) is 11.6 Å². The molecule has 0 atom stereocenters. The van der Waals surface area contributed by atoms with Crippen LogP contribution in [0, 0.1) is 0 Å². The van der Waals surface area contributed by atoms with E-state index in [0.717, 1.165) is 5.69 Å². The predicted molar refractivity (Wildman–Crippen MR) is 123 cm³/mol. The van der Waals surface area contributed by atoms with Gasteiger partial charge < -0.3 is 15.0 Å². The maximum atomic E-state index is 13.5. The predicted octanol–water partition coefficient (Wildman–Crippen LogP) is 4.16. The first kappa shape index (κ1) is 20.2. The molecule has 156 valence electrons. The van der Waals surface area contributed by atoms with E-state index in [2.05, 4.69) is 5.32 Å². The van der Waals surface area contributed by atoms with Crippen LogP contribution in [0.3, 0.4) is 0 Å². The zero-order valence-electron chi connectivity index (χ0n) is 17.6. The molecule has 0 saturated carbocycles. The Morgan fingerprint density at radius 1 is 0.839 bits per heavy atom. The van der Waals surface area contributed by atoms with Crippen molar-refractivity contribution in [2.45, 2.75) is 0 Å². The van der Waals surface area contributed by atoms with Crippen LogP contribution in [-0.4, -0.2) is 33.0 Å². The molecule has 31 heavy (non-hydrogen) atoms. The fraction of sp³-hybridized carbons (Fsp3) is 0.120. The minimum absolute atomic E-state index is 0.236. The normalized spacial score (nSPS) is 13.6. The number of amides is 2. The van der Waals surface area contributed by atoms with Gasteiger partial charge in [0.25, 0.3) is 11.8 Å². The third-order valence-electron chi connectivity index (χ3n) is 5.09. The molecule has 6 nitrogen and oxygen atoms in total. The van der Waals surface area contributed by atoms with Crippen LogP contribution in [0.5, 0.6) is 5.75 Å². The largest absolute Gasteiger partial charge is 0.497 e. The SMILES string of the molecule is COc1cccc(NC2=C(c3ccccc3)C(=O)N(c3cccc(N(C)C)c3)C2=O)c1. The average molecular weight is 413 g/mol. The van der Waals surface area contributed by atoms with Gasteiger partial charge in [0.1, 0.15) is 11.4 Å². The summed E-state index contributed by atoms with van der Waals surface area (Å²) < 4.78 is 5.28. The zero-order valence-corrected chi connectivity index (χ0v) is 17.6. The summed E-state index contributed by atoms with van der Waals surface area (Å²) in [5, 5.41) is 3.16. The molecule has 6 heteroatoms. The number of rotatable bonds is 6. The van der Waals surface area contributed by atoms with Crippen molar-refractivity contribution in [2.24, 2.45) is 0 Å². The lowest BCUT2D eigenvalue weighted by molar-refractivity contribution is -0.120. The van der Waals surface area contributed by atoms with Gasteiger partial charge in [-0.3, -0.25) is 9.59 Å². The molecule has 0 fully saturated rings. The van der Waals surface area contributed by atoms with Crippen LogP contribution in [0.1, 0.15) is 5.56 Å². The van der Waals surface area contributed by atoms with Crippen molar-refractivity contribution in [1.29, 1.82) is 0 Å². The van der Waals surface area contributed by atoms with E-state index in [4.69, 9.17) is 4.74 Å². The van der Waals surface area contributed by atoms with Crippen molar-refractivity contribution >= 4 is 34.4 Å². The van der Waals surface area contributed by atoms with Gasteiger partial charge in [0.05, 0.1) is 18.4 Å². The highest BCUT2D eigenvalue weighted by Crippen LogP contribution is 2.35. The molecule has 0 spiro atoms. The summed E-state index contributed by atoms with van der Waals surface area (Å²) >= 11 is 0. The lowest BCUT2D eigenvalue weighted by Crippen LogP contribution is -2.32. The van der Waals surface area contributed by atoms with E-state index in [1.54, 1.807) is 19.2 Å². The van der Waals surface area contributed by atoms with Gasteiger partial charge in [0.2, 0.25) is 0 Å². The van der Waals surface area contributed by atoms with Gasteiger partial charge >= 0.3 is 0 Å². The van der Waals surface area contributed by atoms with Crippen LogP contribution < -0.4 is 19.9 Å². The summed E-state index contributed by atoms with van der Waals surface area (Å²) in [6.45, 7) is 0. The summed E-state index contributed by atoms with van der Waals surface area (Å²) in [7, 11) is 5.41. The van der Waals surface area contributed by atoms with Crippen molar-refractivity contribution in [1.82, 2.24) is 0 Å². The van der Waals surface area contributed by atoms with Crippen molar-refractivity contribution in [3.63, 3.8) is 0 Å². The molecule has 4 rings (SSSR count). The van der Waals surface area contributed by atoms with Crippen LogP contribution in [0.2, 0.25) is 0 Å². The number of ether oxygens (including phenoxy) is 1. The number of nitrogens with one attached hydrogen (secondary N) is 1. The fourth-order valence-corrected chi connectivity index (χ4v) is 3.51. The molecule has 0 bridgehead atoms. The second kappa shape index (κ2) is 8.36. The van der Waals surface area contributed by atoms with Gasteiger partial charge in [0.15, 0.2) is 0 Å². The molecule has 1 aliphatic rings. The van der Waals surface area contributed by atoms with E-state index >= 15 is 0 Å². The lowest BCUT2D eigenvalue weighted by atomic mass is 10.0. The quantitative estimate of drug-likeness (QED) is 0.615. The number of methoxy groups -OCH3 is 1. The molecule has 1 aliphatic heterocycles. The van der Waals surface area contributed by atoms with Crippen molar-refractivity contribution in [3.05, 3.63) is 90.1 Å². The molecular formula is C25H23N3O3. The van der Waals surface area contributed by atoms with Crippen molar-refractivity contribution in [3.8, 4) is 5.75 Å². The number of hydrogen-bond acceptors (Lipinski definition) is 5. The highest BCUT2D eigenvalue weighted by molar-refractivity contribution is 6.46. The molecule has 1 heterocycles. The topological polar surface area (TPSA) is 61.9 Å². The number of anilines is 3. The highest BCUT2D eigenvalue weighted by Gasteiger charge is 2.40. The van der Waals surface area contributed by atoms with E-state index in [1.807, 2.05) is 85.7 Å². The second-order valence-corrected chi connectivity index (χ2v) is 7.33. The highest BCUT2D eigenvalue weighted by atomic mass is 16.5. The van der Waals surface area contributed by atoms with Gasteiger partial charge in [-0.05, 0) is 35.9 Å². The molecule has 1 N–H and O–H groups in total. The summed E-state index contributed by atoms with van der Waals surface area (Å²) in [6, 6.07) is 23.8. The first-order valence-electron chi connectivity index (χ1n) is 9.86. The summed E-state index contributed by atoms with van der Waals surface area (Å²) in [6.07, 6.45) is 0. The smallest absolute Gasteiger partial charge is 0.282 e. The molecule has 0 aromatic heterocycles. The van der Waals surface area contributed by atoms with Crippen LogP contribution in [-0.2, 0) is 9.59 Å². The first-order chi connectivity index (χ1) is 15.0. The number of carbonyl (C=O) groups is 2. The van der Waals surface area contributed by atoms with Crippen LogP contribution >= 0.6 is 0 Å². The Kier molecular flexibility index (Phi) is 5.45. The van der Waals surface area contributed by atoms with Gasteiger partial charge in [0, 0.05) is 31.5 Å². The minimum atomic E-state index is -0.400. The molecule has 0 aliphatic carbocycles. The van der Waals surface area contributed by atoms with Gasteiger partial charge in [-0.25, -0.2) is 4.90 Å². The molecule has 2 amide bonds. The fourth-order valence-electron chi connectivity index (χ4n) is 3.51. The third kappa shape index (κ3) is 3.88. The third-order valence-corrected chi connectivity index (χ3v) is 5.09. The number of benzene rings is 3. The zero-order chi connectivity index (χ0) is 22.0. The van der Waals surface area contributed by atoms with E-state index in [9.17, 15) is 9.59 Å². The average Bonchev–Trinajstić information content (AvgIpc) is 3.03. The maximum absolute atomic E-state index is 13.5. The van der Waals surface area contributed by atoms with Crippen LogP contribution in [0.4, 0.5) is 17.1 Å². The van der Waals surface area contributed by atoms with Crippen molar-refractivity contribution < 1.29 is 14.3 Å². The van der Waals surface area contributed by atoms with Crippen molar-refractivity contribution in [2.75, 3.05) is 36.3 Å². The molecule has 0 saturated heterocycles. The molecular weight excluding hydrogens is 390 g/mol. The van der Waals surface area contributed by atoms with Crippen LogP contribution in [0.15, 0.2) is 84.6 Å². The standard InChI is InChI=1S/C25H23N3O3/c1-27(2)19-12-8-13-20(16-19)28-24(29)22(17-9-5-4-6-10-17)23(25(28)30)26-18-11-7-14-21(15-18)31-3/h4-16,26H,1-3H3. The summed E-state index contributed by atoms with van der Waals surface area (Å²) in [4.78, 5) is 30.1. The Hall–Kier alpha value is -4.06. The first-order valence-corrected chi connectivity index (χ1v) is 9.86. The summed E-state index contributed by atoms with van der Waals surface area (Å²) in [5.74, 6) is -0.112. The maximum Gasteiger partial charge on any atom is 0.282 e. The Morgan fingerprint density at radius 2 is 1.58 bits per heavy atom. The molecule has 3 aromatic rings. The molecule has 0 unspecified atom stereocenters. The lowest BCUT2D eigenvalue weighted by Gasteiger charge is -2.19. The van der Waals surface area contributed by atoms with Gasteiger partial charge in [-0.2, -0.15) is 0 Å². The van der Waals surface area contributed by atoms with Gasteiger partial charge in [-0.1, -0.05) is 42.5 Å².